The van der Waals surface area contributed by atoms with Crippen molar-refractivity contribution in [2.45, 2.75) is 32.6 Å². The van der Waals surface area contributed by atoms with E-state index in [0.717, 1.165) is 34.7 Å². The monoisotopic (exact) mass is 317 g/mol. The highest BCUT2D eigenvalue weighted by Gasteiger charge is 2.07. The second kappa shape index (κ2) is 7.27. The van der Waals surface area contributed by atoms with Gasteiger partial charge >= 0.3 is 0 Å². The molecule has 0 atom stereocenters. The van der Waals surface area contributed by atoms with Gasteiger partial charge in [0.05, 0.1) is 11.6 Å². The number of unbranched alkanes of at least 4 members (excludes halogenated alkanes) is 2. The first-order valence-corrected chi connectivity index (χ1v) is 8.44. The summed E-state index contributed by atoms with van der Waals surface area (Å²) in [7, 11) is 0. The summed E-state index contributed by atoms with van der Waals surface area (Å²) in [6, 6.07) is 19.1. The first-order chi connectivity index (χ1) is 11.7. The fourth-order valence-electron chi connectivity index (χ4n) is 3.01. The van der Waals surface area contributed by atoms with Gasteiger partial charge in [0, 0.05) is 5.56 Å². The highest BCUT2D eigenvalue weighted by atomic mass is 19.1. The van der Waals surface area contributed by atoms with E-state index in [1.165, 1.54) is 12.8 Å². The van der Waals surface area contributed by atoms with Crippen LogP contribution in [0.2, 0.25) is 0 Å². The Hall–Kier alpha value is -2.66. The lowest BCUT2D eigenvalue weighted by Gasteiger charge is -2.08. The predicted molar refractivity (Wildman–Crippen MR) is 97.3 cm³/mol. The Balaban J connectivity index is 1.91. The number of nitriles is 1. The molecule has 0 aliphatic carbocycles. The Morgan fingerprint density at radius 3 is 2.46 bits per heavy atom. The molecule has 0 unspecified atom stereocenters. The van der Waals surface area contributed by atoms with Gasteiger partial charge in [-0.1, -0.05) is 50.1 Å². The van der Waals surface area contributed by atoms with Gasteiger partial charge in [0.1, 0.15) is 5.82 Å². The molecule has 0 aliphatic rings. The molecule has 0 aromatic heterocycles. The van der Waals surface area contributed by atoms with E-state index in [4.69, 9.17) is 5.26 Å². The normalized spacial score (nSPS) is 10.7. The van der Waals surface area contributed by atoms with Crippen LogP contribution in [0.4, 0.5) is 4.39 Å². The predicted octanol–water partition coefficient (Wildman–Crippen LogP) is 6.25. The van der Waals surface area contributed by atoms with Gasteiger partial charge < -0.3 is 0 Å². The summed E-state index contributed by atoms with van der Waals surface area (Å²) >= 11 is 0. The Morgan fingerprint density at radius 1 is 0.917 bits per heavy atom. The van der Waals surface area contributed by atoms with E-state index in [1.807, 2.05) is 42.5 Å². The highest BCUT2D eigenvalue weighted by molar-refractivity contribution is 5.88. The standard InChI is InChI=1S/C22H20FN/c1-2-3-4-5-16-7-11-21(22(23)13-16)20-10-9-18-12-17(15-24)6-8-19(18)14-20/h6-14H,2-5H2,1H3. The van der Waals surface area contributed by atoms with Crippen LogP contribution in [0.15, 0.2) is 54.6 Å². The zero-order valence-corrected chi connectivity index (χ0v) is 13.8. The van der Waals surface area contributed by atoms with Crippen LogP contribution in [-0.2, 0) is 6.42 Å². The smallest absolute Gasteiger partial charge is 0.131 e. The molecule has 3 rings (SSSR count). The minimum Gasteiger partial charge on any atom is -0.206 e. The van der Waals surface area contributed by atoms with Gasteiger partial charge in [0.25, 0.3) is 0 Å². The van der Waals surface area contributed by atoms with Crippen LogP contribution in [0.5, 0.6) is 0 Å². The first kappa shape index (κ1) is 16.2. The largest absolute Gasteiger partial charge is 0.206 e. The van der Waals surface area contributed by atoms with Gasteiger partial charge in [0.2, 0.25) is 0 Å². The van der Waals surface area contributed by atoms with E-state index >= 15 is 0 Å². The van der Waals surface area contributed by atoms with Gasteiger partial charge in [-0.05, 0) is 59.0 Å². The molecule has 3 aromatic rings. The molecule has 0 heterocycles. The van der Waals surface area contributed by atoms with Crippen molar-refractivity contribution in [3.05, 3.63) is 71.5 Å². The molecule has 0 spiro atoms. The van der Waals surface area contributed by atoms with Gasteiger partial charge in [-0.2, -0.15) is 5.26 Å². The molecular weight excluding hydrogens is 297 g/mol. The lowest BCUT2D eigenvalue weighted by Crippen LogP contribution is -1.90. The number of hydrogen-bond donors (Lipinski definition) is 0. The van der Waals surface area contributed by atoms with E-state index in [0.29, 0.717) is 11.1 Å². The minimum absolute atomic E-state index is 0.169. The quantitative estimate of drug-likeness (QED) is 0.510. The van der Waals surface area contributed by atoms with E-state index in [9.17, 15) is 4.39 Å². The van der Waals surface area contributed by atoms with Crippen LogP contribution in [0.3, 0.4) is 0 Å². The summed E-state index contributed by atoms with van der Waals surface area (Å²) in [5.41, 5.74) is 3.19. The zero-order chi connectivity index (χ0) is 16.9. The van der Waals surface area contributed by atoms with Gasteiger partial charge in [-0.25, -0.2) is 4.39 Å². The number of nitrogens with zero attached hydrogens (tertiary/aromatic N) is 1. The molecule has 3 aromatic carbocycles. The second-order valence-corrected chi connectivity index (χ2v) is 6.16. The molecule has 0 radical (unpaired) electrons. The van der Waals surface area contributed by atoms with E-state index in [1.54, 1.807) is 12.1 Å². The fourth-order valence-corrected chi connectivity index (χ4v) is 3.01. The van der Waals surface area contributed by atoms with E-state index in [2.05, 4.69) is 13.0 Å². The highest BCUT2D eigenvalue weighted by Crippen LogP contribution is 2.28. The van der Waals surface area contributed by atoms with Gasteiger partial charge in [-0.3, -0.25) is 0 Å². The summed E-state index contributed by atoms with van der Waals surface area (Å²) in [4.78, 5) is 0. The SMILES string of the molecule is CCCCCc1ccc(-c2ccc3cc(C#N)ccc3c2)c(F)c1. The molecule has 0 saturated carbocycles. The Labute approximate surface area is 142 Å². The average molecular weight is 317 g/mol. The second-order valence-electron chi connectivity index (χ2n) is 6.16. The van der Waals surface area contributed by atoms with Crippen molar-refractivity contribution in [1.82, 2.24) is 0 Å². The van der Waals surface area contributed by atoms with Crippen LogP contribution >= 0.6 is 0 Å². The Bertz CT molecular complexity index is 905. The van der Waals surface area contributed by atoms with Crippen molar-refractivity contribution in [3.63, 3.8) is 0 Å². The van der Waals surface area contributed by atoms with E-state index in [-0.39, 0.29) is 5.82 Å². The summed E-state index contributed by atoms with van der Waals surface area (Å²) in [6.45, 7) is 2.17. The lowest BCUT2D eigenvalue weighted by atomic mass is 9.98. The van der Waals surface area contributed by atoms with Crippen LogP contribution < -0.4 is 0 Å². The molecule has 0 bridgehead atoms. The van der Waals surface area contributed by atoms with E-state index < -0.39 is 0 Å². The molecule has 1 nitrogen and oxygen atoms in total. The number of rotatable bonds is 5. The molecule has 24 heavy (non-hydrogen) atoms. The molecular formula is C22H20FN. The number of benzene rings is 3. The van der Waals surface area contributed by atoms with Crippen molar-refractivity contribution in [2.75, 3.05) is 0 Å². The van der Waals surface area contributed by atoms with Crippen molar-refractivity contribution in [2.24, 2.45) is 0 Å². The third kappa shape index (κ3) is 3.46. The Kier molecular flexibility index (Phi) is 4.91. The fraction of sp³-hybridized carbons (Fsp3) is 0.227. The number of fused-ring (bicyclic) bond motifs is 1. The lowest BCUT2D eigenvalue weighted by molar-refractivity contribution is 0.626. The van der Waals surface area contributed by atoms with Crippen molar-refractivity contribution < 1.29 is 4.39 Å². The summed E-state index contributed by atoms with van der Waals surface area (Å²) in [5.74, 6) is -0.169. The summed E-state index contributed by atoms with van der Waals surface area (Å²) in [5, 5.41) is 11.0. The summed E-state index contributed by atoms with van der Waals surface area (Å²) < 4.78 is 14.5. The molecule has 0 fully saturated rings. The average Bonchev–Trinajstić information content (AvgIpc) is 2.61. The summed E-state index contributed by atoms with van der Waals surface area (Å²) in [6.07, 6.45) is 4.39. The maximum absolute atomic E-state index is 14.5. The zero-order valence-electron chi connectivity index (χ0n) is 13.8. The van der Waals surface area contributed by atoms with Crippen molar-refractivity contribution in [3.8, 4) is 17.2 Å². The molecule has 0 amide bonds. The molecule has 0 N–H and O–H groups in total. The minimum atomic E-state index is -0.169. The third-order valence-electron chi connectivity index (χ3n) is 4.38. The van der Waals surface area contributed by atoms with Gasteiger partial charge in [-0.15, -0.1) is 0 Å². The molecule has 2 heteroatoms. The number of aryl methyl sites for hydroxylation is 1. The van der Waals surface area contributed by atoms with Crippen molar-refractivity contribution in [1.29, 1.82) is 5.26 Å². The number of hydrogen-bond acceptors (Lipinski definition) is 1. The molecule has 0 saturated heterocycles. The van der Waals surface area contributed by atoms with Crippen molar-refractivity contribution >= 4 is 10.8 Å². The van der Waals surface area contributed by atoms with Crippen LogP contribution in [0, 0.1) is 17.1 Å². The van der Waals surface area contributed by atoms with Crippen LogP contribution in [0.25, 0.3) is 21.9 Å². The number of halogens is 1. The van der Waals surface area contributed by atoms with Gasteiger partial charge in [0.15, 0.2) is 0 Å². The molecule has 0 aliphatic heterocycles. The topological polar surface area (TPSA) is 23.8 Å². The van der Waals surface area contributed by atoms with Crippen LogP contribution in [0.1, 0.15) is 37.3 Å². The van der Waals surface area contributed by atoms with Crippen LogP contribution in [-0.4, -0.2) is 0 Å². The molecule has 120 valence electrons. The third-order valence-corrected chi connectivity index (χ3v) is 4.38. The Morgan fingerprint density at radius 2 is 1.71 bits per heavy atom. The maximum atomic E-state index is 14.5. The first-order valence-electron chi connectivity index (χ1n) is 8.44. The maximum Gasteiger partial charge on any atom is 0.131 e.